The number of carbonyl (C=O) groups excluding carboxylic acids is 1. The van der Waals surface area contributed by atoms with Crippen LogP contribution in [-0.4, -0.2) is 47.2 Å². The Bertz CT molecular complexity index is 838. The van der Waals surface area contributed by atoms with Crippen molar-refractivity contribution < 1.29 is 14.6 Å². The Morgan fingerprint density at radius 1 is 1.41 bits per heavy atom. The molecule has 1 amide bonds. The molecule has 3 rings (SSSR count). The van der Waals surface area contributed by atoms with Crippen LogP contribution < -0.4 is 4.74 Å². The van der Waals surface area contributed by atoms with Gasteiger partial charge in [-0.1, -0.05) is 32.9 Å². The van der Waals surface area contributed by atoms with Crippen molar-refractivity contribution in [1.29, 1.82) is 0 Å². The monoisotopic (exact) mass is 386 g/mol. The molecular weight excluding hydrogens is 360 g/mol. The summed E-state index contributed by atoms with van der Waals surface area (Å²) in [5, 5.41) is 11.5. The molecule has 2 heterocycles. The highest BCUT2D eigenvalue weighted by Gasteiger charge is 2.31. The lowest BCUT2D eigenvalue weighted by Gasteiger charge is -2.26. The number of benzene rings is 1. The third-order valence-electron chi connectivity index (χ3n) is 4.82. The van der Waals surface area contributed by atoms with Gasteiger partial charge in [-0.3, -0.25) is 4.79 Å². The maximum absolute atomic E-state index is 13.2. The van der Waals surface area contributed by atoms with Crippen LogP contribution in [0.3, 0.4) is 0 Å². The van der Waals surface area contributed by atoms with Gasteiger partial charge < -0.3 is 14.7 Å². The fourth-order valence-electron chi connectivity index (χ4n) is 3.41. The molecule has 6 heteroatoms. The Morgan fingerprint density at radius 2 is 2.19 bits per heavy atom. The second-order valence-electron chi connectivity index (χ2n) is 7.83. The molecule has 1 aromatic heterocycles. The van der Waals surface area contributed by atoms with Gasteiger partial charge in [0.15, 0.2) is 0 Å². The van der Waals surface area contributed by atoms with Crippen molar-refractivity contribution in [2.45, 2.75) is 38.6 Å². The molecule has 1 atom stereocenters. The first-order valence-electron chi connectivity index (χ1n) is 9.00. The molecule has 2 aromatic rings. The molecule has 0 aliphatic carbocycles. The summed E-state index contributed by atoms with van der Waals surface area (Å²) in [6, 6.07) is 5.55. The summed E-state index contributed by atoms with van der Waals surface area (Å²) in [5.74, 6) is 0.660. The molecule has 0 bridgehead atoms. The number of amides is 1. The normalized spacial score (nSPS) is 17.1. The summed E-state index contributed by atoms with van der Waals surface area (Å²) >= 11 is 1.54. The van der Waals surface area contributed by atoms with Crippen molar-refractivity contribution in [3.63, 3.8) is 0 Å². The maximum atomic E-state index is 13.2. The first-order valence-corrected chi connectivity index (χ1v) is 9.94. The Morgan fingerprint density at radius 3 is 2.78 bits per heavy atom. The lowest BCUT2D eigenvalue weighted by molar-refractivity contribution is 0.0745. The topological polar surface area (TPSA) is 62.7 Å². The Hall–Kier alpha value is -2.18. The van der Waals surface area contributed by atoms with E-state index >= 15 is 0 Å². The molecule has 1 aliphatic rings. The molecule has 1 N–H and O–H groups in total. The molecule has 1 unspecified atom stereocenters. The average molecular weight is 387 g/mol. The quantitative estimate of drug-likeness (QED) is 0.800. The Kier molecular flexibility index (Phi) is 5.67. The van der Waals surface area contributed by atoms with E-state index in [0.29, 0.717) is 18.5 Å². The molecule has 1 aromatic carbocycles. The summed E-state index contributed by atoms with van der Waals surface area (Å²) < 4.78 is 5.55. The fourth-order valence-corrected chi connectivity index (χ4v) is 3.98. The number of carbonyl (C=O) groups is 1. The number of aliphatic hydroxyl groups excluding tert-OH is 1. The van der Waals surface area contributed by atoms with Crippen LogP contribution in [0, 0.1) is 0 Å². The lowest BCUT2D eigenvalue weighted by atomic mass is 9.85. The lowest BCUT2D eigenvalue weighted by Crippen LogP contribution is -2.38. The van der Waals surface area contributed by atoms with Gasteiger partial charge in [0.2, 0.25) is 0 Å². The van der Waals surface area contributed by atoms with Crippen molar-refractivity contribution in [3.8, 4) is 5.75 Å². The van der Waals surface area contributed by atoms with Crippen LogP contribution in [0.5, 0.6) is 5.75 Å². The number of aliphatic hydroxyl groups is 1. The zero-order chi connectivity index (χ0) is 19.6. The van der Waals surface area contributed by atoms with Gasteiger partial charge in [-0.2, -0.15) is 0 Å². The molecule has 0 saturated carbocycles. The van der Waals surface area contributed by atoms with Crippen LogP contribution in [0.25, 0.3) is 0 Å². The largest absolute Gasteiger partial charge is 0.496 e. The third kappa shape index (κ3) is 4.22. The van der Waals surface area contributed by atoms with E-state index in [1.54, 1.807) is 28.9 Å². The molecule has 0 radical (unpaired) electrons. The highest BCUT2D eigenvalue weighted by atomic mass is 32.1. The predicted molar refractivity (Wildman–Crippen MR) is 108 cm³/mol. The maximum Gasteiger partial charge on any atom is 0.254 e. The van der Waals surface area contributed by atoms with Crippen LogP contribution in [0.2, 0.25) is 0 Å². The van der Waals surface area contributed by atoms with Crippen LogP contribution in [0.1, 0.15) is 42.4 Å². The SMILES string of the molecule is COc1cc(C(=O)N2CC(CO)=CC2Cc2cscn2)ccc1C(C)(C)C. The summed E-state index contributed by atoms with van der Waals surface area (Å²) in [6.45, 7) is 6.76. The van der Waals surface area contributed by atoms with Crippen LogP contribution >= 0.6 is 11.3 Å². The van der Waals surface area contributed by atoms with E-state index in [4.69, 9.17) is 4.74 Å². The van der Waals surface area contributed by atoms with Gasteiger partial charge in [0.25, 0.3) is 5.91 Å². The molecule has 144 valence electrons. The van der Waals surface area contributed by atoms with Gasteiger partial charge in [-0.15, -0.1) is 11.3 Å². The summed E-state index contributed by atoms with van der Waals surface area (Å²) in [5.41, 5.74) is 5.20. The van der Waals surface area contributed by atoms with Gasteiger partial charge in [0, 0.05) is 23.9 Å². The standard InChI is InChI=1S/C21H26N2O3S/c1-21(2,3)18-6-5-15(8-19(18)26-4)20(25)23-10-14(11-24)7-17(23)9-16-12-27-13-22-16/h5-8,12-13,17,24H,9-11H2,1-4H3. The number of thiazole rings is 1. The zero-order valence-electron chi connectivity index (χ0n) is 16.2. The molecule has 5 nitrogen and oxygen atoms in total. The number of aromatic nitrogens is 1. The van der Waals surface area contributed by atoms with E-state index in [-0.39, 0.29) is 24.0 Å². The first kappa shape index (κ1) is 19.6. The van der Waals surface area contributed by atoms with E-state index in [2.05, 4.69) is 25.8 Å². The molecule has 0 saturated heterocycles. The minimum atomic E-state index is -0.102. The van der Waals surface area contributed by atoms with Crippen molar-refractivity contribution in [3.05, 3.63) is 57.6 Å². The van der Waals surface area contributed by atoms with Gasteiger partial charge in [0.05, 0.1) is 31.0 Å². The zero-order valence-corrected chi connectivity index (χ0v) is 17.0. The summed E-state index contributed by atoms with van der Waals surface area (Å²) in [4.78, 5) is 19.3. The average Bonchev–Trinajstić information content (AvgIpc) is 3.29. The van der Waals surface area contributed by atoms with Crippen molar-refractivity contribution in [1.82, 2.24) is 9.88 Å². The van der Waals surface area contributed by atoms with E-state index in [9.17, 15) is 9.90 Å². The number of methoxy groups -OCH3 is 1. The second-order valence-corrected chi connectivity index (χ2v) is 8.55. The predicted octanol–water partition coefficient (Wildman–Crippen LogP) is 3.44. The van der Waals surface area contributed by atoms with Gasteiger partial charge in [-0.05, 0) is 28.7 Å². The number of hydrogen-bond acceptors (Lipinski definition) is 5. The number of hydrogen-bond donors (Lipinski definition) is 1. The van der Waals surface area contributed by atoms with Crippen LogP contribution in [0.4, 0.5) is 0 Å². The van der Waals surface area contributed by atoms with E-state index < -0.39 is 0 Å². The smallest absolute Gasteiger partial charge is 0.254 e. The minimum absolute atomic E-state index is 0.0381. The molecule has 27 heavy (non-hydrogen) atoms. The van der Waals surface area contributed by atoms with E-state index in [0.717, 1.165) is 22.6 Å². The minimum Gasteiger partial charge on any atom is -0.496 e. The van der Waals surface area contributed by atoms with Crippen molar-refractivity contribution >= 4 is 17.2 Å². The second kappa shape index (κ2) is 7.82. The van der Waals surface area contributed by atoms with E-state index in [1.165, 1.54) is 0 Å². The summed E-state index contributed by atoms with van der Waals surface area (Å²) in [6.07, 6.45) is 2.63. The third-order valence-corrected chi connectivity index (χ3v) is 5.46. The molecule has 1 aliphatic heterocycles. The number of nitrogens with zero attached hydrogens (tertiary/aromatic N) is 2. The molecular formula is C21H26N2O3S. The highest BCUT2D eigenvalue weighted by molar-refractivity contribution is 7.07. The molecule has 0 spiro atoms. The first-order chi connectivity index (χ1) is 12.8. The Labute approximate surface area is 164 Å². The van der Waals surface area contributed by atoms with Crippen molar-refractivity contribution in [2.24, 2.45) is 0 Å². The molecule has 0 fully saturated rings. The van der Waals surface area contributed by atoms with Gasteiger partial charge in [0.1, 0.15) is 5.75 Å². The van der Waals surface area contributed by atoms with Crippen molar-refractivity contribution in [2.75, 3.05) is 20.3 Å². The van der Waals surface area contributed by atoms with E-state index in [1.807, 2.05) is 29.7 Å². The van der Waals surface area contributed by atoms with Crippen LogP contribution in [0.15, 0.2) is 40.7 Å². The van der Waals surface area contributed by atoms with Crippen LogP contribution in [-0.2, 0) is 11.8 Å². The number of rotatable bonds is 5. The van der Waals surface area contributed by atoms with Gasteiger partial charge >= 0.3 is 0 Å². The highest BCUT2D eigenvalue weighted by Crippen LogP contribution is 2.33. The van der Waals surface area contributed by atoms with Gasteiger partial charge in [-0.25, -0.2) is 4.98 Å². The fraction of sp³-hybridized carbons (Fsp3) is 0.429. The summed E-state index contributed by atoms with van der Waals surface area (Å²) in [7, 11) is 1.63. The number of ether oxygens (including phenoxy) is 1. The Balaban J connectivity index is 1.87.